The summed E-state index contributed by atoms with van der Waals surface area (Å²) in [6, 6.07) is 51.0. The number of nitrogens with zero attached hydrogens (tertiary/aromatic N) is 2. The third-order valence-electron chi connectivity index (χ3n) is 9.40. The average Bonchev–Trinajstić information content (AvgIpc) is 3.55. The second-order valence-corrected chi connectivity index (χ2v) is 11.4. The molecule has 0 aliphatic heterocycles. The highest BCUT2D eigenvalue weighted by molar-refractivity contribution is 6.11. The Labute approximate surface area is 250 Å². The Morgan fingerprint density at radius 1 is 0.465 bits per heavy atom. The van der Waals surface area contributed by atoms with Crippen molar-refractivity contribution >= 4 is 10.8 Å². The number of nitriles is 1. The fraction of sp³-hybridized carbons (Fsp3) is 0.0244. The van der Waals surface area contributed by atoms with Gasteiger partial charge in [0.15, 0.2) is 0 Å². The molecule has 1 aromatic heterocycles. The summed E-state index contributed by atoms with van der Waals surface area (Å²) in [5.74, 6) is 0. The summed E-state index contributed by atoms with van der Waals surface area (Å²) < 4.78 is 0. The predicted molar refractivity (Wildman–Crippen MR) is 174 cm³/mol. The monoisotopic (exact) mass is 544 g/mol. The van der Waals surface area contributed by atoms with E-state index in [4.69, 9.17) is 0 Å². The van der Waals surface area contributed by atoms with Gasteiger partial charge in [-0.15, -0.1) is 0 Å². The van der Waals surface area contributed by atoms with Crippen LogP contribution in [0.3, 0.4) is 0 Å². The first-order valence-electron chi connectivity index (χ1n) is 14.6. The SMILES string of the molecule is N#Cc1cncc(-c2ccc(-c3cc4c(c5ccccc35)-c3ccccc3C43c4ccccc4-c4ccccc43)cc2)c1. The standard InChI is InChI=1S/C41H24N2/c42-23-26-21-29(25-43-24-26)27-17-19-28(20-18-27)35-22-39-40(33-12-2-1-9-30(33)35)34-13-5-8-16-38(34)41(39)36-14-6-3-10-31(36)32-11-4-7-15-37(32)41/h1-22,24-25H. The Bertz CT molecular complexity index is 2260. The maximum absolute atomic E-state index is 9.36. The van der Waals surface area contributed by atoms with E-state index in [0.29, 0.717) is 5.56 Å². The van der Waals surface area contributed by atoms with E-state index in [1.165, 1.54) is 60.8 Å². The largest absolute Gasteiger partial charge is 0.263 e. The van der Waals surface area contributed by atoms with Crippen LogP contribution < -0.4 is 0 Å². The molecule has 1 spiro atoms. The molecule has 0 radical (unpaired) electrons. The van der Waals surface area contributed by atoms with E-state index in [-0.39, 0.29) is 5.41 Å². The molecular weight excluding hydrogens is 520 g/mol. The van der Waals surface area contributed by atoms with Crippen LogP contribution in [-0.2, 0) is 5.41 Å². The number of fused-ring (bicyclic) bond motifs is 12. The van der Waals surface area contributed by atoms with Crippen LogP contribution in [0.15, 0.2) is 146 Å². The van der Waals surface area contributed by atoms with Gasteiger partial charge in [-0.3, -0.25) is 4.98 Å². The average molecular weight is 545 g/mol. The van der Waals surface area contributed by atoms with E-state index in [1.54, 1.807) is 6.20 Å². The van der Waals surface area contributed by atoms with Crippen LogP contribution in [-0.4, -0.2) is 4.98 Å². The molecule has 0 saturated carbocycles. The smallest absolute Gasteiger partial charge is 0.101 e. The quantitative estimate of drug-likeness (QED) is 0.217. The van der Waals surface area contributed by atoms with Crippen molar-refractivity contribution in [3.05, 3.63) is 174 Å². The lowest BCUT2D eigenvalue weighted by molar-refractivity contribution is 0.794. The number of pyridine rings is 1. The van der Waals surface area contributed by atoms with Gasteiger partial charge in [0.25, 0.3) is 0 Å². The van der Waals surface area contributed by atoms with Crippen molar-refractivity contribution in [1.82, 2.24) is 4.98 Å². The van der Waals surface area contributed by atoms with Gasteiger partial charge in [-0.1, -0.05) is 121 Å². The van der Waals surface area contributed by atoms with E-state index >= 15 is 0 Å². The van der Waals surface area contributed by atoms with Crippen LogP contribution in [0, 0.1) is 11.3 Å². The van der Waals surface area contributed by atoms with Crippen LogP contribution in [0.1, 0.15) is 27.8 Å². The van der Waals surface area contributed by atoms with Gasteiger partial charge in [0, 0.05) is 18.0 Å². The van der Waals surface area contributed by atoms with Gasteiger partial charge >= 0.3 is 0 Å². The van der Waals surface area contributed by atoms with Crippen molar-refractivity contribution in [3.8, 4) is 50.6 Å². The van der Waals surface area contributed by atoms with Gasteiger partial charge in [0.05, 0.1) is 11.0 Å². The van der Waals surface area contributed by atoms with Crippen LogP contribution in [0.2, 0.25) is 0 Å². The van der Waals surface area contributed by atoms with Crippen LogP contribution in [0.4, 0.5) is 0 Å². The number of aromatic nitrogens is 1. The van der Waals surface area contributed by atoms with Crippen molar-refractivity contribution in [2.24, 2.45) is 0 Å². The third-order valence-corrected chi connectivity index (χ3v) is 9.40. The summed E-state index contributed by atoms with van der Waals surface area (Å²) in [6.45, 7) is 0. The first-order chi connectivity index (χ1) is 21.3. The molecule has 0 atom stereocenters. The predicted octanol–water partition coefficient (Wildman–Crippen LogP) is 9.78. The molecule has 0 amide bonds. The minimum absolute atomic E-state index is 0.388. The second kappa shape index (κ2) is 8.86. The Kier molecular flexibility index (Phi) is 4.92. The summed E-state index contributed by atoms with van der Waals surface area (Å²) in [5.41, 5.74) is 15.2. The highest BCUT2D eigenvalue weighted by Gasteiger charge is 2.52. The van der Waals surface area contributed by atoms with Gasteiger partial charge in [-0.25, -0.2) is 0 Å². The maximum atomic E-state index is 9.36. The Hall–Kier alpha value is -5.78. The Morgan fingerprint density at radius 3 is 1.70 bits per heavy atom. The Morgan fingerprint density at radius 2 is 1.02 bits per heavy atom. The lowest BCUT2D eigenvalue weighted by atomic mass is 9.70. The normalized spacial score (nSPS) is 13.3. The molecule has 2 aliphatic carbocycles. The summed E-state index contributed by atoms with van der Waals surface area (Å²) in [5, 5.41) is 11.9. The molecule has 6 aromatic carbocycles. The second-order valence-electron chi connectivity index (χ2n) is 11.4. The van der Waals surface area contributed by atoms with E-state index in [0.717, 1.165) is 16.7 Å². The fourth-order valence-electron chi connectivity index (χ4n) is 7.69. The number of benzene rings is 6. The summed E-state index contributed by atoms with van der Waals surface area (Å²) in [4.78, 5) is 4.27. The molecule has 0 unspecified atom stereocenters. The molecule has 198 valence electrons. The first-order valence-corrected chi connectivity index (χ1v) is 14.6. The molecule has 0 saturated heterocycles. The molecule has 1 heterocycles. The van der Waals surface area contributed by atoms with Crippen molar-refractivity contribution in [3.63, 3.8) is 0 Å². The summed E-state index contributed by atoms with van der Waals surface area (Å²) in [7, 11) is 0. The lowest BCUT2D eigenvalue weighted by Gasteiger charge is -2.31. The molecule has 0 fully saturated rings. The van der Waals surface area contributed by atoms with Crippen molar-refractivity contribution in [1.29, 1.82) is 5.26 Å². The lowest BCUT2D eigenvalue weighted by Crippen LogP contribution is -2.25. The van der Waals surface area contributed by atoms with E-state index in [2.05, 4.69) is 138 Å². The van der Waals surface area contributed by atoms with Crippen molar-refractivity contribution in [2.75, 3.05) is 0 Å². The first kappa shape index (κ1) is 23.9. The number of rotatable bonds is 2. The highest BCUT2D eigenvalue weighted by atomic mass is 14.6. The number of hydrogen-bond acceptors (Lipinski definition) is 2. The fourth-order valence-corrected chi connectivity index (χ4v) is 7.69. The topological polar surface area (TPSA) is 36.7 Å². The Balaban J connectivity index is 1.35. The van der Waals surface area contributed by atoms with E-state index in [9.17, 15) is 5.26 Å². The molecule has 0 bridgehead atoms. The van der Waals surface area contributed by atoms with Gasteiger partial charge < -0.3 is 0 Å². The van der Waals surface area contributed by atoms with Gasteiger partial charge in [0.1, 0.15) is 6.07 Å². The highest BCUT2D eigenvalue weighted by Crippen LogP contribution is 2.64. The molecule has 2 nitrogen and oxygen atoms in total. The minimum Gasteiger partial charge on any atom is -0.263 e. The molecule has 9 rings (SSSR count). The van der Waals surface area contributed by atoms with Crippen molar-refractivity contribution in [2.45, 2.75) is 5.41 Å². The maximum Gasteiger partial charge on any atom is 0.101 e. The van der Waals surface area contributed by atoms with E-state index < -0.39 is 0 Å². The molecule has 2 aliphatic rings. The molecule has 2 heteroatoms. The van der Waals surface area contributed by atoms with Crippen LogP contribution in [0.25, 0.3) is 55.3 Å². The molecule has 7 aromatic rings. The zero-order chi connectivity index (χ0) is 28.5. The zero-order valence-electron chi connectivity index (χ0n) is 23.3. The third kappa shape index (κ3) is 3.14. The van der Waals surface area contributed by atoms with Gasteiger partial charge in [-0.05, 0) is 84.1 Å². The minimum atomic E-state index is -0.388. The summed E-state index contributed by atoms with van der Waals surface area (Å²) in [6.07, 6.45) is 3.42. The van der Waals surface area contributed by atoms with Crippen molar-refractivity contribution < 1.29 is 0 Å². The van der Waals surface area contributed by atoms with E-state index in [1.807, 2.05) is 12.3 Å². The van der Waals surface area contributed by atoms with Crippen LogP contribution >= 0.6 is 0 Å². The molecular formula is C41H24N2. The van der Waals surface area contributed by atoms with Gasteiger partial charge in [-0.2, -0.15) is 5.26 Å². The summed E-state index contributed by atoms with van der Waals surface area (Å²) >= 11 is 0. The van der Waals surface area contributed by atoms with Gasteiger partial charge in [0.2, 0.25) is 0 Å². The van der Waals surface area contributed by atoms with Crippen LogP contribution in [0.5, 0.6) is 0 Å². The zero-order valence-corrected chi connectivity index (χ0v) is 23.3. The number of hydrogen-bond donors (Lipinski definition) is 0. The molecule has 0 N–H and O–H groups in total. The molecule has 43 heavy (non-hydrogen) atoms.